The van der Waals surface area contributed by atoms with Gasteiger partial charge in [-0.15, -0.1) is 0 Å². The normalized spacial score (nSPS) is 19.1. The van der Waals surface area contributed by atoms with Gasteiger partial charge in [0.05, 0.1) is 12.6 Å². The van der Waals surface area contributed by atoms with Crippen LogP contribution < -0.4 is 27.0 Å². The first-order valence-electron chi connectivity index (χ1n) is 8.92. The first kappa shape index (κ1) is 23.3. The Kier molecular flexibility index (Phi) is 9.32. The standard InChI is InChI=1S/C16H27N5O7/c1-8(19-14(25)9-3-2-6-18-9)13(24)21-11(7-22)15(26)20-10(16(27)28)4-5-12(17)23/h8-11,18,22H,2-7H2,1H3,(H2,17,23)(H,19,25)(H,20,26)(H,21,24)(H,27,28). The highest BCUT2D eigenvalue weighted by molar-refractivity contribution is 5.94. The maximum atomic E-state index is 12.2. The number of hydrogen-bond acceptors (Lipinski definition) is 7. The molecule has 1 aliphatic heterocycles. The summed E-state index contributed by atoms with van der Waals surface area (Å²) in [4.78, 5) is 58.3. The molecule has 4 amide bonds. The lowest BCUT2D eigenvalue weighted by Gasteiger charge is -2.22. The molecule has 4 unspecified atom stereocenters. The van der Waals surface area contributed by atoms with Crippen LogP contribution in [0.3, 0.4) is 0 Å². The molecule has 1 heterocycles. The summed E-state index contributed by atoms with van der Waals surface area (Å²) in [5.41, 5.74) is 4.96. The van der Waals surface area contributed by atoms with Gasteiger partial charge in [0.25, 0.3) is 0 Å². The van der Waals surface area contributed by atoms with Gasteiger partial charge in [-0.3, -0.25) is 19.2 Å². The molecule has 0 saturated carbocycles. The monoisotopic (exact) mass is 401 g/mol. The number of carboxylic acid groups (broad SMARTS) is 1. The zero-order chi connectivity index (χ0) is 21.3. The quantitative estimate of drug-likeness (QED) is 0.185. The summed E-state index contributed by atoms with van der Waals surface area (Å²) in [6, 6.07) is -4.18. The molecule has 0 bridgehead atoms. The number of nitrogens with one attached hydrogen (secondary N) is 4. The van der Waals surface area contributed by atoms with Crippen LogP contribution >= 0.6 is 0 Å². The van der Waals surface area contributed by atoms with E-state index in [4.69, 9.17) is 10.8 Å². The van der Waals surface area contributed by atoms with Crippen LogP contribution in [0.4, 0.5) is 0 Å². The molecule has 4 atom stereocenters. The van der Waals surface area contributed by atoms with Gasteiger partial charge in [-0.05, 0) is 32.7 Å². The minimum atomic E-state index is -1.42. The van der Waals surface area contributed by atoms with Crippen LogP contribution in [0, 0.1) is 0 Å². The van der Waals surface area contributed by atoms with Crippen molar-refractivity contribution >= 4 is 29.6 Å². The number of amides is 4. The SMILES string of the molecule is CC(NC(=O)C1CCCN1)C(=O)NC(CO)C(=O)NC(CCC(N)=O)C(=O)O. The number of rotatable bonds is 11. The highest BCUT2D eigenvalue weighted by Crippen LogP contribution is 2.05. The Hall–Kier alpha value is -2.73. The van der Waals surface area contributed by atoms with E-state index in [0.717, 1.165) is 6.42 Å². The van der Waals surface area contributed by atoms with E-state index >= 15 is 0 Å². The van der Waals surface area contributed by atoms with Gasteiger partial charge in [-0.25, -0.2) is 4.79 Å². The molecule has 0 aromatic rings. The largest absolute Gasteiger partial charge is 0.480 e. The number of nitrogens with two attached hydrogens (primary N) is 1. The summed E-state index contributed by atoms with van der Waals surface area (Å²) in [5.74, 6) is -4.12. The molecule has 0 aromatic heterocycles. The molecular formula is C16H27N5O7. The Bertz CT molecular complexity index is 606. The summed E-state index contributed by atoms with van der Waals surface area (Å²) >= 11 is 0. The molecule has 0 radical (unpaired) electrons. The summed E-state index contributed by atoms with van der Waals surface area (Å²) in [6.07, 6.45) is 1.02. The molecule has 1 fully saturated rings. The molecule has 0 aromatic carbocycles. The van der Waals surface area contributed by atoms with E-state index in [2.05, 4.69) is 21.3 Å². The number of primary amides is 1. The Balaban J connectivity index is 2.58. The van der Waals surface area contributed by atoms with E-state index in [1.807, 2.05) is 0 Å². The summed E-state index contributed by atoms with van der Waals surface area (Å²) in [7, 11) is 0. The highest BCUT2D eigenvalue weighted by atomic mass is 16.4. The molecular weight excluding hydrogens is 374 g/mol. The average molecular weight is 401 g/mol. The number of carboxylic acids is 1. The van der Waals surface area contributed by atoms with Gasteiger partial charge >= 0.3 is 5.97 Å². The van der Waals surface area contributed by atoms with Gasteiger partial charge in [-0.1, -0.05) is 0 Å². The fraction of sp³-hybridized carbons (Fsp3) is 0.688. The molecule has 28 heavy (non-hydrogen) atoms. The van der Waals surface area contributed by atoms with E-state index in [-0.39, 0.29) is 24.8 Å². The molecule has 1 saturated heterocycles. The molecule has 1 aliphatic rings. The zero-order valence-corrected chi connectivity index (χ0v) is 15.6. The first-order valence-corrected chi connectivity index (χ1v) is 8.92. The Morgan fingerprint density at radius 3 is 2.25 bits per heavy atom. The summed E-state index contributed by atoms with van der Waals surface area (Å²) in [5, 5.41) is 28.3. The van der Waals surface area contributed by atoms with Crippen LogP contribution in [0.5, 0.6) is 0 Å². The van der Waals surface area contributed by atoms with Gasteiger partial charge in [0.1, 0.15) is 18.1 Å². The van der Waals surface area contributed by atoms with Crippen LogP contribution in [-0.2, 0) is 24.0 Å². The van der Waals surface area contributed by atoms with Crippen molar-refractivity contribution in [1.82, 2.24) is 21.3 Å². The van der Waals surface area contributed by atoms with Gasteiger partial charge in [0.2, 0.25) is 23.6 Å². The van der Waals surface area contributed by atoms with Crippen molar-refractivity contribution in [2.24, 2.45) is 5.73 Å². The van der Waals surface area contributed by atoms with Gasteiger partial charge in [0.15, 0.2) is 0 Å². The van der Waals surface area contributed by atoms with E-state index < -0.39 is 48.4 Å². The fourth-order valence-electron chi connectivity index (χ4n) is 2.59. The Labute approximate surface area is 161 Å². The fourth-order valence-corrected chi connectivity index (χ4v) is 2.59. The van der Waals surface area contributed by atoms with Crippen molar-refractivity contribution in [2.45, 2.75) is 56.8 Å². The number of aliphatic hydroxyl groups is 1. The van der Waals surface area contributed by atoms with Crippen molar-refractivity contribution in [3.63, 3.8) is 0 Å². The zero-order valence-electron chi connectivity index (χ0n) is 15.6. The second kappa shape index (κ2) is 11.2. The number of carbonyl (C=O) groups excluding carboxylic acids is 4. The highest BCUT2D eigenvalue weighted by Gasteiger charge is 2.29. The van der Waals surface area contributed by atoms with Gasteiger partial charge < -0.3 is 37.2 Å². The van der Waals surface area contributed by atoms with Crippen molar-refractivity contribution in [3.05, 3.63) is 0 Å². The molecule has 1 rings (SSSR count). The Morgan fingerprint density at radius 2 is 1.75 bits per heavy atom. The van der Waals surface area contributed by atoms with Gasteiger partial charge in [0, 0.05) is 6.42 Å². The number of carbonyl (C=O) groups is 5. The third kappa shape index (κ3) is 7.48. The van der Waals surface area contributed by atoms with Crippen LogP contribution in [0.1, 0.15) is 32.6 Å². The molecule has 8 N–H and O–H groups in total. The summed E-state index contributed by atoms with van der Waals surface area (Å²) in [6.45, 7) is 1.35. The van der Waals surface area contributed by atoms with Crippen LogP contribution in [0.2, 0.25) is 0 Å². The van der Waals surface area contributed by atoms with Crippen LogP contribution in [-0.4, -0.2) is 77.1 Å². The minimum absolute atomic E-state index is 0.233. The Morgan fingerprint density at radius 1 is 1.11 bits per heavy atom. The lowest BCUT2D eigenvalue weighted by Crippen LogP contribution is -2.57. The topological polar surface area (TPSA) is 200 Å². The molecule has 0 aliphatic carbocycles. The molecule has 12 nitrogen and oxygen atoms in total. The second-order valence-electron chi connectivity index (χ2n) is 6.53. The predicted molar refractivity (Wildman–Crippen MR) is 95.6 cm³/mol. The predicted octanol–water partition coefficient (Wildman–Crippen LogP) is -3.44. The second-order valence-corrected chi connectivity index (χ2v) is 6.53. The number of aliphatic carboxylic acids is 1. The lowest BCUT2D eigenvalue weighted by molar-refractivity contribution is -0.143. The molecule has 0 spiro atoms. The van der Waals surface area contributed by atoms with E-state index in [1.54, 1.807) is 0 Å². The van der Waals surface area contributed by atoms with Gasteiger partial charge in [-0.2, -0.15) is 0 Å². The maximum Gasteiger partial charge on any atom is 0.326 e. The number of hydrogen-bond donors (Lipinski definition) is 7. The van der Waals surface area contributed by atoms with E-state index in [9.17, 15) is 29.1 Å². The van der Waals surface area contributed by atoms with Crippen LogP contribution in [0.15, 0.2) is 0 Å². The van der Waals surface area contributed by atoms with Crippen molar-refractivity contribution in [2.75, 3.05) is 13.2 Å². The van der Waals surface area contributed by atoms with Crippen molar-refractivity contribution in [1.29, 1.82) is 0 Å². The van der Waals surface area contributed by atoms with Crippen LogP contribution in [0.25, 0.3) is 0 Å². The molecule has 158 valence electrons. The third-order valence-electron chi connectivity index (χ3n) is 4.24. The van der Waals surface area contributed by atoms with E-state index in [1.165, 1.54) is 6.92 Å². The smallest absolute Gasteiger partial charge is 0.326 e. The molecule has 12 heteroatoms. The summed E-state index contributed by atoms with van der Waals surface area (Å²) < 4.78 is 0. The third-order valence-corrected chi connectivity index (χ3v) is 4.24. The van der Waals surface area contributed by atoms with Crippen molar-refractivity contribution < 1.29 is 34.2 Å². The average Bonchev–Trinajstić information content (AvgIpc) is 3.16. The lowest BCUT2D eigenvalue weighted by atomic mass is 10.1. The van der Waals surface area contributed by atoms with E-state index in [0.29, 0.717) is 13.0 Å². The minimum Gasteiger partial charge on any atom is -0.480 e. The first-order chi connectivity index (χ1) is 13.1. The maximum absolute atomic E-state index is 12.2. The van der Waals surface area contributed by atoms with Crippen molar-refractivity contribution in [3.8, 4) is 0 Å². The number of aliphatic hydroxyl groups excluding tert-OH is 1.